The molecule has 8 heteroatoms. The number of allylic oxidation sites excluding steroid dienone is 2. The summed E-state index contributed by atoms with van der Waals surface area (Å²) in [5.41, 5.74) is -0.742. The molecule has 0 radical (unpaired) electrons. The van der Waals surface area contributed by atoms with E-state index in [9.17, 15) is 29.1 Å². The SMILES string of the molecule is COC(=O)CC[C@H](CC(=O)[C@H]1CC[C@]2(C)[C@H]3C(=O)C=C4[C@@H]5C[C@@](C)(C(=O)O)CC[C@]5(C)CC[C@@]4(C)[C@]3(C)CC[C@H]2C1(C)C)C(=O)OC. The lowest BCUT2D eigenvalue weighted by Crippen LogP contribution is -2.66. The van der Waals surface area contributed by atoms with Crippen LogP contribution in [-0.4, -0.2) is 48.8 Å². The van der Waals surface area contributed by atoms with Crippen LogP contribution in [0.4, 0.5) is 0 Å². The van der Waals surface area contributed by atoms with Gasteiger partial charge in [0.25, 0.3) is 0 Å². The summed E-state index contributed by atoms with van der Waals surface area (Å²) in [7, 11) is 2.61. The van der Waals surface area contributed by atoms with Crippen LogP contribution in [0.5, 0.6) is 0 Å². The molecule has 5 aliphatic rings. The monoisotopic (exact) mass is 654 g/mol. The van der Waals surface area contributed by atoms with Gasteiger partial charge in [0.05, 0.1) is 25.6 Å². The van der Waals surface area contributed by atoms with E-state index >= 15 is 0 Å². The zero-order valence-electron chi connectivity index (χ0n) is 30.3. The van der Waals surface area contributed by atoms with Crippen molar-refractivity contribution in [1.29, 1.82) is 0 Å². The second kappa shape index (κ2) is 11.8. The predicted molar refractivity (Wildman–Crippen MR) is 177 cm³/mol. The van der Waals surface area contributed by atoms with Crippen LogP contribution in [0.2, 0.25) is 0 Å². The first-order valence-electron chi connectivity index (χ1n) is 17.9. The number of esters is 2. The Labute approximate surface area is 281 Å². The molecule has 0 saturated heterocycles. The molecule has 0 amide bonds. The molecule has 4 saturated carbocycles. The van der Waals surface area contributed by atoms with Gasteiger partial charge in [-0.1, -0.05) is 47.1 Å². The number of fused-ring (bicyclic) bond motifs is 7. The van der Waals surface area contributed by atoms with Gasteiger partial charge in [-0.2, -0.15) is 0 Å². The van der Waals surface area contributed by atoms with Crippen molar-refractivity contribution in [2.24, 2.45) is 62.1 Å². The van der Waals surface area contributed by atoms with Crippen molar-refractivity contribution < 1.29 is 38.6 Å². The Hall–Kier alpha value is -2.51. The van der Waals surface area contributed by atoms with Crippen molar-refractivity contribution in [1.82, 2.24) is 0 Å². The Morgan fingerprint density at radius 2 is 1.55 bits per heavy atom. The lowest BCUT2D eigenvalue weighted by molar-refractivity contribution is -0.194. The van der Waals surface area contributed by atoms with Crippen LogP contribution in [-0.2, 0) is 33.4 Å². The molecular formula is C39H58O8. The number of aliphatic carboxylic acids is 1. The van der Waals surface area contributed by atoms with Gasteiger partial charge in [0.1, 0.15) is 5.78 Å². The lowest BCUT2D eigenvalue weighted by Gasteiger charge is -2.70. The molecule has 0 spiro atoms. The summed E-state index contributed by atoms with van der Waals surface area (Å²) in [4.78, 5) is 65.5. The second-order valence-corrected chi connectivity index (χ2v) is 18.0. The summed E-state index contributed by atoms with van der Waals surface area (Å²) in [5, 5.41) is 10.2. The molecule has 5 rings (SSSR count). The summed E-state index contributed by atoms with van der Waals surface area (Å²) >= 11 is 0. The van der Waals surface area contributed by atoms with Crippen LogP contribution in [0.15, 0.2) is 11.6 Å². The Kier molecular flexibility index (Phi) is 9.00. The third-order valence-corrected chi connectivity index (χ3v) is 15.4. The summed E-state index contributed by atoms with van der Waals surface area (Å²) in [6.45, 7) is 15.6. The summed E-state index contributed by atoms with van der Waals surface area (Å²) < 4.78 is 9.76. The fourth-order valence-corrected chi connectivity index (χ4v) is 12.2. The first-order valence-corrected chi connectivity index (χ1v) is 17.9. The highest BCUT2D eigenvalue weighted by Gasteiger charge is 2.70. The van der Waals surface area contributed by atoms with Gasteiger partial charge >= 0.3 is 17.9 Å². The lowest BCUT2D eigenvalue weighted by atomic mass is 9.33. The van der Waals surface area contributed by atoms with Gasteiger partial charge in [-0.3, -0.25) is 24.0 Å². The van der Waals surface area contributed by atoms with Crippen LogP contribution in [0.3, 0.4) is 0 Å². The Balaban J connectivity index is 1.45. The summed E-state index contributed by atoms with van der Waals surface area (Å²) in [5.74, 6) is -2.35. The Morgan fingerprint density at radius 1 is 0.894 bits per heavy atom. The number of carbonyl (C=O) groups excluding carboxylic acids is 4. The van der Waals surface area contributed by atoms with Crippen LogP contribution in [0.1, 0.15) is 126 Å². The summed E-state index contributed by atoms with van der Waals surface area (Å²) in [6, 6.07) is 0. The molecule has 0 aromatic carbocycles. The van der Waals surface area contributed by atoms with Gasteiger partial charge in [-0.05, 0) is 116 Å². The molecule has 10 atom stereocenters. The van der Waals surface area contributed by atoms with Crippen LogP contribution >= 0.6 is 0 Å². The minimum absolute atomic E-state index is 0.00417. The molecule has 4 fully saturated rings. The number of ketones is 2. The largest absolute Gasteiger partial charge is 0.481 e. The fourth-order valence-electron chi connectivity index (χ4n) is 12.2. The van der Waals surface area contributed by atoms with Gasteiger partial charge in [0, 0.05) is 24.7 Å². The third kappa shape index (κ3) is 5.33. The van der Waals surface area contributed by atoms with E-state index in [1.807, 2.05) is 13.0 Å². The van der Waals surface area contributed by atoms with Crippen LogP contribution in [0, 0.1) is 62.1 Å². The maximum absolute atomic E-state index is 14.6. The minimum Gasteiger partial charge on any atom is -0.481 e. The Morgan fingerprint density at radius 3 is 2.17 bits per heavy atom. The number of hydrogen-bond acceptors (Lipinski definition) is 7. The number of ether oxygens (including phenoxy) is 2. The predicted octanol–water partition coefficient (Wildman–Crippen LogP) is 7.37. The highest BCUT2D eigenvalue weighted by molar-refractivity contribution is 5.96. The topological polar surface area (TPSA) is 124 Å². The summed E-state index contributed by atoms with van der Waals surface area (Å²) in [6.07, 6.45) is 9.61. The van der Waals surface area contributed by atoms with E-state index in [0.29, 0.717) is 19.3 Å². The van der Waals surface area contributed by atoms with E-state index in [2.05, 4.69) is 41.5 Å². The average molecular weight is 655 g/mol. The number of carbonyl (C=O) groups is 5. The number of carboxylic acids is 1. The first kappa shape index (κ1) is 35.8. The Bertz CT molecular complexity index is 1380. The highest BCUT2D eigenvalue weighted by atomic mass is 16.5. The fraction of sp³-hybridized carbons (Fsp3) is 0.821. The first-order chi connectivity index (χ1) is 21.7. The van der Waals surface area contributed by atoms with Gasteiger partial charge < -0.3 is 14.6 Å². The maximum atomic E-state index is 14.6. The highest BCUT2D eigenvalue weighted by Crippen LogP contribution is 2.75. The molecule has 8 nitrogen and oxygen atoms in total. The van der Waals surface area contributed by atoms with E-state index in [-0.39, 0.29) is 76.2 Å². The minimum atomic E-state index is -0.783. The standard InChI is InChI=1S/C39H58O8/c1-34(2)24(27(40)20-23(32(43)47-9)10-11-30(42)46-8)12-14-37(5)29(34)13-15-39(7)31(37)28(41)21-25-26-22-36(4,33(44)45)17-16-35(26,3)18-19-38(25,39)6/h21,23-24,26,29,31H,10-20,22H2,1-9H3,(H,44,45)/t23-,24-,26+,29+,31-,35-,36+,37+,38-,39-/m1/s1. The van der Waals surface area contributed by atoms with Crippen molar-refractivity contribution >= 4 is 29.5 Å². The van der Waals surface area contributed by atoms with Gasteiger partial charge in [0.2, 0.25) is 0 Å². The molecule has 0 bridgehead atoms. The van der Waals surface area contributed by atoms with Gasteiger partial charge in [0.15, 0.2) is 5.78 Å². The molecule has 0 unspecified atom stereocenters. The second-order valence-electron chi connectivity index (χ2n) is 18.0. The van der Waals surface area contributed by atoms with E-state index in [1.165, 1.54) is 19.8 Å². The number of Topliss-reactive ketones (excluding diaryl/α,β-unsaturated/α-hetero) is 1. The zero-order chi connectivity index (χ0) is 35.0. The van der Waals surface area contributed by atoms with E-state index in [4.69, 9.17) is 9.47 Å². The molecule has 47 heavy (non-hydrogen) atoms. The van der Waals surface area contributed by atoms with Crippen molar-refractivity contribution in [3.63, 3.8) is 0 Å². The van der Waals surface area contributed by atoms with Crippen LogP contribution in [0.25, 0.3) is 0 Å². The number of carboxylic acid groups (broad SMARTS) is 1. The molecule has 0 heterocycles. The average Bonchev–Trinajstić information content (AvgIpc) is 2.99. The normalized spacial score (nSPS) is 42.7. The van der Waals surface area contributed by atoms with Crippen molar-refractivity contribution in [3.8, 4) is 0 Å². The van der Waals surface area contributed by atoms with E-state index in [0.717, 1.165) is 38.5 Å². The quantitative estimate of drug-likeness (QED) is 0.269. The molecule has 5 aliphatic carbocycles. The van der Waals surface area contributed by atoms with Crippen LogP contribution < -0.4 is 0 Å². The van der Waals surface area contributed by atoms with Crippen molar-refractivity contribution in [2.75, 3.05) is 14.2 Å². The third-order valence-electron chi connectivity index (χ3n) is 15.4. The number of methoxy groups -OCH3 is 2. The molecular weight excluding hydrogens is 596 g/mol. The molecule has 0 aliphatic heterocycles. The number of rotatable bonds is 8. The number of hydrogen-bond donors (Lipinski definition) is 1. The zero-order valence-corrected chi connectivity index (χ0v) is 30.3. The van der Waals surface area contributed by atoms with Crippen molar-refractivity contribution in [2.45, 2.75) is 126 Å². The smallest absolute Gasteiger partial charge is 0.309 e. The van der Waals surface area contributed by atoms with E-state index < -0.39 is 34.7 Å². The maximum Gasteiger partial charge on any atom is 0.309 e. The van der Waals surface area contributed by atoms with E-state index in [1.54, 1.807) is 0 Å². The molecule has 262 valence electrons. The molecule has 1 N–H and O–H groups in total. The van der Waals surface area contributed by atoms with Gasteiger partial charge in [-0.15, -0.1) is 0 Å². The van der Waals surface area contributed by atoms with Crippen molar-refractivity contribution in [3.05, 3.63) is 11.6 Å². The van der Waals surface area contributed by atoms with Gasteiger partial charge in [-0.25, -0.2) is 0 Å². The molecule has 0 aromatic rings. The molecule has 0 aromatic heterocycles.